The van der Waals surface area contributed by atoms with Gasteiger partial charge in [0.2, 0.25) is 5.79 Å². The highest BCUT2D eigenvalue weighted by Gasteiger charge is 2.53. The van der Waals surface area contributed by atoms with E-state index < -0.39 is 35.4 Å². The number of carbonyl (C=O) groups is 3. The third-order valence-corrected chi connectivity index (χ3v) is 8.36. The summed E-state index contributed by atoms with van der Waals surface area (Å²) >= 11 is 0. The number of amides is 1. The van der Waals surface area contributed by atoms with Crippen LogP contribution in [0.3, 0.4) is 0 Å². The van der Waals surface area contributed by atoms with Crippen molar-refractivity contribution in [3.8, 4) is 11.5 Å². The average Bonchev–Trinajstić information content (AvgIpc) is 2.95. The molecule has 5 atom stereocenters. The summed E-state index contributed by atoms with van der Waals surface area (Å²) in [6, 6.07) is 4.84. The number of carbonyl (C=O) groups excluding carboxylic acids is 3. The number of aryl methyl sites for hydroxylation is 1. The van der Waals surface area contributed by atoms with Gasteiger partial charge >= 0.3 is 5.97 Å². The molecule has 1 aromatic rings. The zero-order chi connectivity index (χ0) is 29.6. The number of aliphatic hydroxyl groups is 1. The van der Waals surface area contributed by atoms with Crippen molar-refractivity contribution >= 4 is 17.7 Å². The number of hydrogen-bond donors (Lipinski definition) is 1. The smallest absolute Gasteiger partial charge is 0.329 e. The molecular weight excluding hydrogens is 514 g/mol. The van der Waals surface area contributed by atoms with E-state index in [4.69, 9.17) is 18.9 Å². The minimum absolute atomic E-state index is 0.0450. The summed E-state index contributed by atoms with van der Waals surface area (Å²) in [6.45, 7) is 9.86. The predicted molar refractivity (Wildman–Crippen MR) is 150 cm³/mol. The zero-order valence-electron chi connectivity index (χ0n) is 25.1. The zero-order valence-corrected chi connectivity index (χ0v) is 25.1. The fourth-order valence-electron chi connectivity index (χ4n) is 5.57. The molecule has 0 spiro atoms. The van der Waals surface area contributed by atoms with E-state index in [1.54, 1.807) is 21.1 Å². The molecule has 3 rings (SSSR count). The molecule has 1 aromatic carbocycles. The first-order chi connectivity index (χ1) is 18.9. The first kappa shape index (κ1) is 31.9. The number of rotatable bonds is 11. The van der Waals surface area contributed by atoms with Crippen LogP contribution in [0, 0.1) is 17.8 Å². The number of esters is 1. The molecule has 2 aliphatic rings. The first-order valence-electron chi connectivity index (χ1n) is 14.6. The lowest BCUT2D eigenvalue weighted by Crippen LogP contribution is -2.61. The molecule has 2 heterocycles. The van der Waals surface area contributed by atoms with Gasteiger partial charge in [-0.2, -0.15) is 0 Å². The Kier molecular flexibility index (Phi) is 11.0. The van der Waals surface area contributed by atoms with Crippen molar-refractivity contribution in [1.82, 2.24) is 4.90 Å². The number of ketones is 1. The van der Waals surface area contributed by atoms with E-state index in [-0.39, 0.29) is 30.6 Å². The third-order valence-electron chi connectivity index (χ3n) is 8.36. The van der Waals surface area contributed by atoms with Crippen molar-refractivity contribution in [1.29, 1.82) is 0 Å². The number of methoxy groups -OCH3 is 2. The maximum absolute atomic E-state index is 13.5. The summed E-state index contributed by atoms with van der Waals surface area (Å²) < 4.78 is 22.5. The lowest BCUT2D eigenvalue weighted by molar-refractivity contribution is -0.269. The SMILES string of the molecule is COc1ccc(CCC(OC(=O)C2CCCCN2C(=O)C(=O)C2(O)OC(C(C)C)CCC2C)C(C)C)cc1OC. The second-order valence-electron chi connectivity index (χ2n) is 11.9. The third kappa shape index (κ3) is 7.16. The Morgan fingerprint density at radius 1 is 1.05 bits per heavy atom. The van der Waals surface area contributed by atoms with Gasteiger partial charge in [0.1, 0.15) is 12.1 Å². The van der Waals surface area contributed by atoms with E-state index in [9.17, 15) is 19.5 Å². The van der Waals surface area contributed by atoms with E-state index in [1.165, 1.54) is 4.90 Å². The quantitative estimate of drug-likeness (QED) is 0.314. The van der Waals surface area contributed by atoms with Crippen LogP contribution in [0.15, 0.2) is 18.2 Å². The van der Waals surface area contributed by atoms with Gasteiger partial charge in [-0.05, 0) is 74.5 Å². The molecule has 9 heteroatoms. The van der Waals surface area contributed by atoms with Gasteiger partial charge in [-0.3, -0.25) is 9.59 Å². The van der Waals surface area contributed by atoms with Crippen molar-refractivity contribution in [3.05, 3.63) is 23.8 Å². The summed E-state index contributed by atoms with van der Waals surface area (Å²) in [4.78, 5) is 41.6. The Morgan fingerprint density at radius 3 is 2.38 bits per heavy atom. The molecule has 5 unspecified atom stereocenters. The van der Waals surface area contributed by atoms with Gasteiger partial charge in [-0.1, -0.05) is 40.7 Å². The van der Waals surface area contributed by atoms with Crippen LogP contribution in [0.5, 0.6) is 11.5 Å². The van der Waals surface area contributed by atoms with Gasteiger partial charge < -0.3 is 29.0 Å². The molecule has 0 aromatic heterocycles. The number of hydrogen-bond acceptors (Lipinski definition) is 8. The van der Waals surface area contributed by atoms with Crippen molar-refractivity contribution in [3.63, 3.8) is 0 Å². The van der Waals surface area contributed by atoms with E-state index in [1.807, 2.05) is 45.9 Å². The van der Waals surface area contributed by atoms with Crippen LogP contribution in [0.4, 0.5) is 0 Å². The highest BCUT2D eigenvalue weighted by Crippen LogP contribution is 2.36. The molecule has 0 bridgehead atoms. The average molecular weight is 562 g/mol. The molecule has 40 heavy (non-hydrogen) atoms. The highest BCUT2D eigenvalue weighted by atomic mass is 16.6. The lowest BCUT2D eigenvalue weighted by atomic mass is 9.84. The van der Waals surface area contributed by atoms with Crippen LogP contribution < -0.4 is 9.47 Å². The Bertz CT molecular complexity index is 1040. The summed E-state index contributed by atoms with van der Waals surface area (Å²) in [6.07, 6.45) is 3.62. The van der Waals surface area contributed by atoms with E-state index in [2.05, 4.69) is 0 Å². The molecule has 1 amide bonds. The maximum atomic E-state index is 13.5. The number of Topliss-reactive ketones (excluding diaryl/α,β-unsaturated/α-hetero) is 1. The van der Waals surface area contributed by atoms with Crippen LogP contribution in [-0.4, -0.2) is 72.5 Å². The second kappa shape index (κ2) is 13.8. The minimum atomic E-state index is -2.20. The summed E-state index contributed by atoms with van der Waals surface area (Å²) in [5, 5.41) is 11.3. The van der Waals surface area contributed by atoms with E-state index >= 15 is 0 Å². The highest BCUT2D eigenvalue weighted by molar-refractivity contribution is 6.39. The van der Waals surface area contributed by atoms with Gasteiger partial charge in [0.15, 0.2) is 11.5 Å². The van der Waals surface area contributed by atoms with Gasteiger partial charge in [0, 0.05) is 12.5 Å². The number of ether oxygens (including phenoxy) is 4. The number of nitrogens with zero attached hydrogens (tertiary/aromatic N) is 1. The summed E-state index contributed by atoms with van der Waals surface area (Å²) in [7, 11) is 3.18. The summed E-state index contributed by atoms with van der Waals surface area (Å²) in [5.74, 6) is -3.71. The fraction of sp³-hybridized carbons (Fsp3) is 0.710. The predicted octanol–water partition coefficient (Wildman–Crippen LogP) is 4.31. The molecule has 0 radical (unpaired) electrons. The summed E-state index contributed by atoms with van der Waals surface area (Å²) in [5.41, 5.74) is 1.02. The monoisotopic (exact) mass is 561 g/mol. The Hall–Kier alpha value is -2.65. The number of likely N-dealkylation sites (tertiary alicyclic amines) is 1. The number of benzene rings is 1. The molecule has 1 N–H and O–H groups in total. The number of piperidine rings is 1. The topological polar surface area (TPSA) is 112 Å². The van der Waals surface area contributed by atoms with Crippen LogP contribution >= 0.6 is 0 Å². The largest absolute Gasteiger partial charge is 0.493 e. The van der Waals surface area contributed by atoms with Crippen LogP contribution in [-0.2, 0) is 30.3 Å². The maximum Gasteiger partial charge on any atom is 0.329 e. The molecule has 0 aliphatic carbocycles. The molecular formula is C31H47NO8. The molecule has 2 aliphatic heterocycles. The standard InChI is InChI=1S/C31H47NO8/c1-19(2)24(15-12-22-13-16-26(37-6)27(18-22)38-7)39-30(35)23-10-8-9-17-32(23)29(34)28(33)31(36)21(5)11-14-25(40-31)20(3)4/h13,16,18-21,23-25,36H,8-12,14-15,17H2,1-7H3. The van der Waals surface area contributed by atoms with Crippen molar-refractivity contribution in [2.75, 3.05) is 20.8 Å². The molecule has 2 fully saturated rings. The lowest BCUT2D eigenvalue weighted by Gasteiger charge is -2.43. The van der Waals surface area contributed by atoms with Gasteiger partial charge in [0.05, 0.1) is 20.3 Å². The normalized spacial score (nSPS) is 25.9. The van der Waals surface area contributed by atoms with E-state index in [0.717, 1.165) is 12.0 Å². The van der Waals surface area contributed by atoms with Gasteiger partial charge in [-0.25, -0.2) is 4.79 Å². The Morgan fingerprint density at radius 2 is 1.75 bits per heavy atom. The second-order valence-corrected chi connectivity index (χ2v) is 11.9. The minimum Gasteiger partial charge on any atom is -0.493 e. The van der Waals surface area contributed by atoms with Crippen molar-refractivity contribution in [2.45, 2.75) is 104 Å². The van der Waals surface area contributed by atoms with Crippen molar-refractivity contribution in [2.24, 2.45) is 17.8 Å². The molecule has 9 nitrogen and oxygen atoms in total. The molecule has 2 saturated heterocycles. The van der Waals surface area contributed by atoms with Crippen LogP contribution in [0.25, 0.3) is 0 Å². The molecule has 224 valence electrons. The van der Waals surface area contributed by atoms with Gasteiger partial charge in [0.25, 0.3) is 11.7 Å². The first-order valence-corrected chi connectivity index (χ1v) is 14.6. The fourth-order valence-corrected chi connectivity index (χ4v) is 5.57. The van der Waals surface area contributed by atoms with Crippen molar-refractivity contribution < 1.29 is 38.4 Å². The Labute approximate surface area is 238 Å². The molecule has 0 saturated carbocycles. The Balaban J connectivity index is 1.71. The van der Waals surface area contributed by atoms with E-state index in [0.29, 0.717) is 50.0 Å². The van der Waals surface area contributed by atoms with Gasteiger partial charge in [-0.15, -0.1) is 0 Å². The van der Waals surface area contributed by atoms with Crippen LogP contribution in [0.2, 0.25) is 0 Å². The van der Waals surface area contributed by atoms with Crippen LogP contribution in [0.1, 0.15) is 78.7 Å².